The molecule has 0 aliphatic carbocycles. The van der Waals surface area contributed by atoms with Crippen molar-refractivity contribution in [2.75, 3.05) is 20.3 Å². The van der Waals surface area contributed by atoms with Crippen molar-refractivity contribution < 1.29 is 14.3 Å². The second kappa shape index (κ2) is 9.39. The van der Waals surface area contributed by atoms with Crippen LogP contribution >= 0.6 is 11.3 Å². The third kappa shape index (κ3) is 5.62. The lowest BCUT2D eigenvalue weighted by Crippen LogP contribution is -2.33. The summed E-state index contributed by atoms with van der Waals surface area (Å²) >= 11 is 1.55. The van der Waals surface area contributed by atoms with Gasteiger partial charge in [-0.15, -0.1) is 11.3 Å². The van der Waals surface area contributed by atoms with E-state index >= 15 is 0 Å². The van der Waals surface area contributed by atoms with Crippen LogP contribution in [-0.2, 0) is 22.7 Å². The van der Waals surface area contributed by atoms with Crippen molar-refractivity contribution in [1.29, 1.82) is 0 Å². The van der Waals surface area contributed by atoms with Crippen LogP contribution in [0.1, 0.15) is 29.6 Å². The molecule has 0 fully saturated rings. The third-order valence-electron chi connectivity index (χ3n) is 3.56. The van der Waals surface area contributed by atoms with E-state index in [1.807, 2.05) is 43.5 Å². The molecule has 1 aromatic carbocycles. The van der Waals surface area contributed by atoms with Crippen molar-refractivity contribution in [3.63, 3.8) is 0 Å². The van der Waals surface area contributed by atoms with Gasteiger partial charge in [-0.25, -0.2) is 4.98 Å². The molecule has 0 aliphatic rings. The molecule has 1 heterocycles. The highest BCUT2D eigenvalue weighted by Gasteiger charge is 2.14. The largest absolute Gasteiger partial charge is 0.486 e. The number of thiazole rings is 1. The highest BCUT2D eigenvalue weighted by Crippen LogP contribution is 2.17. The number of nitrogens with zero attached hydrogens (tertiary/aromatic N) is 2. The molecule has 0 aliphatic heterocycles. The van der Waals surface area contributed by atoms with Crippen LogP contribution in [0.4, 0.5) is 0 Å². The molecule has 0 spiro atoms. The zero-order valence-corrected chi connectivity index (χ0v) is 15.3. The summed E-state index contributed by atoms with van der Waals surface area (Å²) < 4.78 is 10.8. The Hall–Kier alpha value is -1.92. The van der Waals surface area contributed by atoms with Gasteiger partial charge in [0.25, 0.3) is 0 Å². The zero-order chi connectivity index (χ0) is 17.4. The number of methoxy groups -OCH3 is 1. The topological polar surface area (TPSA) is 51.7 Å². The first-order valence-corrected chi connectivity index (χ1v) is 8.89. The molecule has 0 unspecified atom stereocenters. The van der Waals surface area contributed by atoms with E-state index in [1.54, 1.807) is 23.3 Å². The van der Waals surface area contributed by atoms with Gasteiger partial charge in [-0.05, 0) is 19.1 Å². The third-order valence-corrected chi connectivity index (χ3v) is 4.43. The molecule has 0 radical (unpaired) electrons. The summed E-state index contributed by atoms with van der Waals surface area (Å²) in [5.41, 5.74) is 2.09. The number of hydrogen-bond acceptors (Lipinski definition) is 5. The van der Waals surface area contributed by atoms with Crippen LogP contribution in [0.25, 0.3) is 0 Å². The fraction of sp³-hybridized carbons (Fsp3) is 0.444. The second-order valence-corrected chi connectivity index (χ2v) is 6.44. The van der Waals surface area contributed by atoms with Gasteiger partial charge < -0.3 is 14.4 Å². The first-order chi connectivity index (χ1) is 11.6. The SMILES string of the molecule is CCC(=O)N(CCOC)Cc1csc(COc2ccc(C)cc2)n1. The summed E-state index contributed by atoms with van der Waals surface area (Å²) in [6.45, 7) is 5.97. The van der Waals surface area contributed by atoms with Crippen LogP contribution in [0.5, 0.6) is 5.75 Å². The molecule has 5 nitrogen and oxygen atoms in total. The molecule has 0 atom stereocenters. The molecule has 0 N–H and O–H groups in total. The summed E-state index contributed by atoms with van der Waals surface area (Å²) in [4.78, 5) is 18.3. The Morgan fingerprint density at radius 2 is 2.04 bits per heavy atom. The standard InChI is InChI=1S/C18H24N2O3S/c1-4-18(21)20(9-10-22-3)11-15-13-24-17(19-15)12-23-16-7-5-14(2)6-8-16/h5-8,13H,4,9-12H2,1-3H3. The molecule has 1 aromatic heterocycles. The van der Waals surface area contributed by atoms with Gasteiger partial charge in [0.05, 0.1) is 18.8 Å². The van der Waals surface area contributed by atoms with Gasteiger partial charge in [-0.2, -0.15) is 0 Å². The molecule has 0 saturated carbocycles. The number of aryl methyl sites for hydroxylation is 1. The molecule has 2 rings (SSSR count). The fourth-order valence-electron chi connectivity index (χ4n) is 2.18. The highest BCUT2D eigenvalue weighted by molar-refractivity contribution is 7.09. The van der Waals surface area contributed by atoms with Gasteiger partial charge in [0.2, 0.25) is 5.91 Å². The molecule has 0 saturated heterocycles. The Morgan fingerprint density at radius 3 is 2.71 bits per heavy atom. The van der Waals surface area contributed by atoms with Crippen LogP contribution < -0.4 is 4.74 Å². The van der Waals surface area contributed by atoms with Crippen molar-refractivity contribution in [2.45, 2.75) is 33.4 Å². The van der Waals surface area contributed by atoms with E-state index in [4.69, 9.17) is 9.47 Å². The van der Waals surface area contributed by atoms with E-state index < -0.39 is 0 Å². The summed E-state index contributed by atoms with van der Waals surface area (Å²) in [6, 6.07) is 7.95. The van der Waals surface area contributed by atoms with Crippen molar-refractivity contribution in [3.05, 3.63) is 45.9 Å². The Labute approximate surface area is 147 Å². The van der Waals surface area contributed by atoms with E-state index in [0.717, 1.165) is 16.5 Å². The van der Waals surface area contributed by atoms with E-state index in [9.17, 15) is 4.79 Å². The van der Waals surface area contributed by atoms with Crippen molar-refractivity contribution >= 4 is 17.2 Å². The summed E-state index contributed by atoms with van der Waals surface area (Å²) in [6.07, 6.45) is 0.483. The molecule has 2 aromatic rings. The first kappa shape index (κ1) is 18.4. The lowest BCUT2D eigenvalue weighted by molar-refractivity contribution is -0.132. The molecular formula is C18H24N2O3S. The van der Waals surface area contributed by atoms with Crippen LogP contribution in [0.15, 0.2) is 29.6 Å². The summed E-state index contributed by atoms with van der Waals surface area (Å²) in [7, 11) is 1.64. The van der Waals surface area contributed by atoms with Crippen LogP contribution in [0.3, 0.4) is 0 Å². The molecule has 0 bridgehead atoms. The van der Waals surface area contributed by atoms with Gasteiger partial charge in [0.15, 0.2) is 0 Å². The summed E-state index contributed by atoms with van der Waals surface area (Å²) in [5.74, 6) is 0.942. The maximum absolute atomic E-state index is 12.0. The molecule has 6 heteroatoms. The Morgan fingerprint density at radius 1 is 1.29 bits per heavy atom. The number of ether oxygens (including phenoxy) is 2. The van der Waals surface area contributed by atoms with Crippen molar-refractivity contribution in [1.82, 2.24) is 9.88 Å². The molecule has 24 heavy (non-hydrogen) atoms. The van der Waals surface area contributed by atoms with Crippen molar-refractivity contribution in [2.24, 2.45) is 0 Å². The van der Waals surface area contributed by atoms with Crippen LogP contribution in [-0.4, -0.2) is 36.1 Å². The van der Waals surface area contributed by atoms with E-state index in [-0.39, 0.29) is 5.91 Å². The average molecular weight is 348 g/mol. The minimum absolute atomic E-state index is 0.109. The quantitative estimate of drug-likeness (QED) is 0.697. The fourth-order valence-corrected chi connectivity index (χ4v) is 2.88. The number of carbonyl (C=O) groups excluding carboxylic acids is 1. The highest BCUT2D eigenvalue weighted by atomic mass is 32.1. The maximum Gasteiger partial charge on any atom is 0.222 e. The predicted molar refractivity (Wildman–Crippen MR) is 95.2 cm³/mol. The van der Waals surface area contributed by atoms with Crippen LogP contribution in [0, 0.1) is 6.92 Å². The van der Waals surface area contributed by atoms with Gasteiger partial charge in [-0.1, -0.05) is 24.6 Å². The normalized spacial score (nSPS) is 10.6. The number of aromatic nitrogens is 1. The van der Waals surface area contributed by atoms with Gasteiger partial charge in [0, 0.05) is 25.5 Å². The molecular weight excluding hydrogens is 324 g/mol. The monoisotopic (exact) mass is 348 g/mol. The van der Waals surface area contributed by atoms with E-state index in [1.165, 1.54) is 5.56 Å². The predicted octanol–water partition coefficient (Wildman–Crippen LogP) is 3.42. The number of rotatable bonds is 9. The Bertz CT molecular complexity index is 640. The minimum Gasteiger partial charge on any atom is -0.486 e. The lowest BCUT2D eigenvalue weighted by atomic mass is 10.2. The number of benzene rings is 1. The maximum atomic E-state index is 12.0. The minimum atomic E-state index is 0.109. The Kier molecular flexibility index (Phi) is 7.21. The number of carbonyl (C=O) groups is 1. The number of amides is 1. The average Bonchev–Trinajstić information content (AvgIpc) is 3.05. The molecule has 130 valence electrons. The van der Waals surface area contributed by atoms with Gasteiger partial charge in [0.1, 0.15) is 17.4 Å². The number of hydrogen-bond donors (Lipinski definition) is 0. The first-order valence-electron chi connectivity index (χ1n) is 8.01. The van der Waals surface area contributed by atoms with E-state index in [0.29, 0.717) is 32.7 Å². The molecule has 1 amide bonds. The summed E-state index contributed by atoms with van der Waals surface area (Å²) in [5, 5.41) is 2.89. The van der Waals surface area contributed by atoms with Gasteiger partial charge in [-0.3, -0.25) is 4.79 Å². The van der Waals surface area contributed by atoms with Gasteiger partial charge >= 0.3 is 0 Å². The second-order valence-electron chi connectivity index (χ2n) is 5.50. The Balaban J connectivity index is 1.91. The lowest BCUT2D eigenvalue weighted by Gasteiger charge is -2.20. The van der Waals surface area contributed by atoms with Crippen molar-refractivity contribution in [3.8, 4) is 5.75 Å². The smallest absolute Gasteiger partial charge is 0.222 e. The zero-order valence-electron chi connectivity index (χ0n) is 14.4. The van der Waals surface area contributed by atoms with Crippen LogP contribution in [0.2, 0.25) is 0 Å². The van der Waals surface area contributed by atoms with E-state index in [2.05, 4.69) is 4.98 Å².